The molecule has 0 spiro atoms. The molecular weight excluding hydrogens is 411 g/mol. The van der Waals surface area contributed by atoms with Gasteiger partial charge in [-0.1, -0.05) is 0 Å². The lowest BCUT2D eigenvalue weighted by atomic mass is 10.1. The summed E-state index contributed by atoms with van der Waals surface area (Å²) in [5.74, 6) is -0.126. The number of aromatic nitrogens is 3. The number of fused-ring (bicyclic) bond motifs is 1. The maximum absolute atomic E-state index is 14.5. The highest BCUT2D eigenvalue weighted by atomic mass is 32.2. The van der Waals surface area contributed by atoms with Crippen molar-refractivity contribution in [1.29, 1.82) is 0 Å². The van der Waals surface area contributed by atoms with Crippen LogP contribution in [0.25, 0.3) is 11.0 Å². The highest BCUT2D eigenvalue weighted by Gasteiger charge is 2.34. The molecule has 0 aliphatic carbocycles. The number of aliphatic imine (C=N–C) groups is 1. The zero-order valence-corrected chi connectivity index (χ0v) is 17.0. The molecule has 4 rings (SSSR count). The van der Waals surface area contributed by atoms with Crippen LogP contribution in [0.4, 0.5) is 15.9 Å². The van der Waals surface area contributed by atoms with Gasteiger partial charge in [0.15, 0.2) is 15.7 Å². The second kappa shape index (κ2) is 7.48. The third kappa shape index (κ3) is 3.63. The van der Waals surface area contributed by atoms with Crippen molar-refractivity contribution in [3.8, 4) is 5.88 Å². The topological polar surface area (TPSA) is 132 Å². The normalized spacial score (nSPS) is 20.6. The monoisotopic (exact) mass is 430 g/mol. The number of ether oxygens (including phenoxy) is 1. The van der Waals surface area contributed by atoms with Crippen molar-refractivity contribution in [2.75, 3.05) is 18.2 Å². The van der Waals surface area contributed by atoms with Gasteiger partial charge in [-0.25, -0.2) is 27.8 Å². The first-order valence-corrected chi connectivity index (χ1v) is 10.8. The van der Waals surface area contributed by atoms with E-state index in [1.165, 1.54) is 38.4 Å². The smallest absolute Gasteiger partial charge is 0.232 e. The summed E-state index contributed by atoms with van der Waals surface area (Å²) in [6.45, 7) is 1.47. The van der Waals surface area contributed by atoms with E-state index in [4.69, 9.17) is 10.5 Å². The van der Waals surface area contributed by atoms with Crippen molar-refractivity contribution in [2.45, 2.75) is 18.2 Å². The molecule has 0 radical (unpaired) electrons. The number of rotatable bonds is 4. The Morgan fingerprint density at radius 3 is 2.80 bits per heavy atom. The van der Waals surface area contributed by atoms with Crippen molar-refractivity contribution in [3.05, 3.63) is 48.0 Å². The number of sulfone groups is 1. The van der Waals surface area contributed by atoms with E-state index in [0.717, 1.165) is 0 Å². The molecule has 3 N–H and O–H groups in total. The molecule has 3 aromatic rings. The molecule has 0 bridgehead atoms. The van der Waals surface area contributed by atoms with E-state index >= 15 is 0 Å². The summed E-state index contributed by atoms with van der Waals surface area (Å²) >= 11 is 0. The molecule has 0 amide bonds. The van der Waals surface area contributed by atoms with E-state index in [0.29, 0.717) is 28.4 Å². The molecular formula is C19H19FN6O3S. The predicted octanol–water partition coefficient (Wildman–Crippen LogP) is 2.13. The number of benzene rings is 1. The minimum absolute atomic E-state index is 0.0241. The highest BCUT2D eigenvalue weighted by molar-refractivity contribution is 7.92. The molecule has 3 heterocycles. The minimum atomic E-state index is -3.52. The molecule has 30 heavy (non-hydrogen) atoms. The highest BCUT2D eigenvalue weighted by Crippen LogP contribution is 2.31. The summed E-state index contributed by atoms with van der Waals surface area (Å²) in [5, 5.41) is 2.20. The fourth-order valence-corrected chi connectivity index (χ4v) is 4.57. The van der Waals surface area contributed by atoms with Crippen LogP contribution in [0.3, 0.4) is 0 Å². The number of nitrogens with one attached hydrogen (secondary N) is 1. The zero-order valence-electron chi connectivity index (χ0n) is 16.2. The van der Waals surface area contributed by atoms with Gasteiger partial charge in [0.25, 0.3) is 0 Å². The fraction of sp³-hybridized carbons (Fsp3) is 0.263. The lowest BCUT2D eigenvalue weighted by Crippen LogP contribution is -2.40. The number of methoxy groups -OCH3 is 1. The van der Waals surface area contributed by atoms with Crippen LogP contribution < -0.4 is 15.8 Å². The largest absolute Gasteiger partial charge is 0.480 e. The molecule has 0 fully saturated rings. The molecule has 1 aliphatic rings. The van der Waals surface area contributed by atoms with E-state index in [2.05, 4.69) is 25.3 Å². The molecule has 0 saturated heterocycles. The van der Waals surface area contributed by atoms with Crippen molar-refractivity contribution in [2.24, 2.45) is 10.7 Å². The van der Waals surface area contributed by atoms with Crippen molar-refractivity contribution in [1.82, 2.24) is 15.0 Å². The molecule has 2 aromatic heterocycles. The summed E-state index contributed by atoms with van der Waals surface area (Å²) in [5.41, 5.74) is 7.47. The fourth-order valence-electron chi connectivity index (χ4n) is 3.16. The zero-order chi connectivity index (χ0) is 21.5. The number of hydrogen-bond acceptors (Lipinski definition) is 9. The van der Waals surface area contributed by atoms with Crippen LogP contribution >= 0.6 is 0 Å². The average Bonchev–Trinajstić information content (AvgIpc) is 2.72. The standard InChI is InChI=1S/C19H19FN6O3S/c1-10-18(21)26-15(9-30(10,27)28)12-7-11(3-4-13(12)20)24-19-17-14(5-6-22-19)25-16(29-2)8-23-17/h3-8,10,15H,9H2,1-2H3,(H2,21,26)(H,22,24)/t10-,15?/m1/s1. The van der Waals surface area contributed by atoms with Gasteiger partial charge in [0.05, 0.1) is 30.6 Å². The molecule has 11 heteroatoms. The van der Waals surface area contributed by atoms with Gasteiger partial charge >= 0.3 is 0 Å². The number of halogens is 1. The predicted molar refractivity (Wildman–Crippen MR) is 111 cm³/mol. The summed E-state index contributed by atoms with van der Waals surface area (Å²) in [7, 11) is -2.02. The number of nitrogens with zero attached hydrogens (tertiary/aromatic N) is 4. The van der Waals surface area contributed by atoms with Gasteiger partial charge in [0.1, 0.15) is 22.4 Å². The van der Waals surface area contributed by atoms with E-state index < -0.39 is 26.9 Å². The van der Waals surface area contributed by atoms with Crippen LogP contribution in [0.2, 0.25) is 0 Å². The Balaban J connectivity index is 1.71. The Morgan fingerprint density at radius 1 is 1.27 bits per heavy atom. The number of hydrogen-bond donors (Lipinski definition) is 2. The lowest BCUT2D eigenvalue weighted by molar-refractivity contribution is 0.397. The quantitative estimate of drug-likeness (QED) is 0.643. The lowest BCUT2D eigenvalue weighted by Gasteiger charge is -2.24. The van der Waals surface area contributed by atoms with E-state index in [1.807, 2.05) is 0 Å². The second-order valence-corrected chi connectivity index (χ2v) is 9.21. The summed E-state index contributed by atoms with van der Waals surface area (Å²) in [4.78, 5) is 17.1. The van der Waals surface area contributed by atoms with E-state index in [1.54, 1.807) is 12.3 Å². The molecule has 0 saturated carbocycles. The Kier molecular flexibility index (Phi) is 4.98. The molecule has 156 valence electrons. The van der Waals surface area contributed by atoms with Gasteiger partial charge in [-0.3, -0.25) is 4.99 Å². The molecule has 1 unspecified atom stereocenters. The van der Waals surface area contributed by atoms with Gasteiger partial charge in [0.2, 0.25) is 5.88 Å². The number of amidine groups is 1. The van der Waals surface area contributed by atoms with Crippen LogP contribution in [0, 0.1) is 5.82 Å². The maximum Gasteiger partial charge on any atom is 0.232 e. The van der Waals surface area contributed by atoms with Gasteiger partial charge in [0, 0.05) is 17.4 Å². The number of anilines is 2. The van der Waals surface area contributed by atoms with Crippen molar-refractivity contribution < 1.29 is 17.5 Å². The van der Waals surface area contributed by atoms with Crippen LogP contribution in [0.5, 0.6) is 5.88 Å². The molecule has 1 aromatic carbocycles. The van der Waals surface area contributed by atoms with Gasteiger partial charge in [-0.05, 0) is 31.2 Å². The second-order valence-electron chi connectivity index (χ2n) is 6.84. The summed E-state index contributed by atoms with van der Waals surface area (Å²) < 4.78 is 44.3. The van der Waals surface area contributed by atoms with E-state index in [-0.39, 0.29) is 17.2 Å². The van der Waals surface area contributed by atoms with Crippen LogP contribution in [0.15, 0.2) is 41.7 Å². The third-order valence-electron chi connectivity index (χ3n) is 4.91. The van der Waals surface area contributed by atoms with Crippen LogP contribution in [-0.4, -0.2) is 47.3 Å². The van der Waals surface area contributed by atoms with Gasteiger partial charge < -0.3 is 15.8 Å². The number of nitrogens with two attached hydrogens (primary N) is 1. The SMILES string of the molecule is COc1cnc2c(Nc3ccc(F)c(C4CS(=O)(=O)[C@H](C)C(N)=N4)c3)nccc2n1. The Labute approximate surface area is 172 Å². The maximum atomic E-state index is 14.5. The Bertz CT molecular complexity index is 1260. The van der Waals surface area contributed by atoms with E-state index in [9.17, 15) is 12.8 Å². The summed E-state index contributed by atoms with van der Waals surface area (Å²) in [6.07, 6.45) is 3.03. The average molecular weight is 430 g/mol. The van der Waals surface area contributed by atoms with Crippen LogP contribution in [-0.2, 0) is 9.84 Å². The first kappa shape index (κ1) is 20.0. The first-order valence-electron chi connectivity index (χ1n) is 9.05. The van der Waals surface area contributed by atoms with Crippen molar-refractivity contribution >= 4 is 38.2 Å². The van der Waals surface area contributed by atoms with Crippen molar-refractivity contribution in [3.63, 3.8) is 0 Å². The number of pyridine rings is 1. The molecule has 9 nitrogen and oxygen atoms in total. The molecule has 2 atom stereocenters. The van der Waals surface area contributed by atoms with Gasteiger partial charge in [-0.15, -0.1) is 0 Å². The minimum Gasteiger partial charge on any atom is -0.480 e. The summed E-state index contributed by atoms with van der Waals surface area (Å²) in [6, 6.07) is 5.03. The molecule has 1 aliphatic heterocycles. The van der Waals surface area contributed by atoms with Gasteiger partial charge in [-0.2, -0.15) is 0 Å². The van der Waals surface area contributed by atoms with Crippen LogP contribution in [0.1, 0.15) is 18.5 Å². The third-order valence-corrected chi connectivity index (χ3v) is 7.01. The Hall–Kier alpha value is -3.34. The first-order chi connectivity index (χ1) is 14.3. The Morgan fingerprint density at radius 2 is 2.07 bits per heavy atom.